The predicted octanol–water partition coefficient (Wildman–Crippen LogP) is 2.94. The minimum absolute atomic E-state index is 0.0100. The molecule has 0 spiro atoms. The Balaban J connectivity index is 1.72. The van der Waals surface area contributed by atoms with Gasteiger partial charge in [0.25, 0.3) is 5.91 Å². The Bertz CT molecular complexity index is 1050. The van der Waals surface area contributed by atoms with Gasteiger partial charge in [-0.05, 0) is 43.9 Å². The number of nitrogens with one attached hydrogen (secondary N) is 1. The molecule has 1 aliphatic rings. The zero-order valence-corrected chi connectivity index (χ0v) is 18.0. The Morgan fingerprint density at radius 3 is 2.77 bits per heavy atom. The molecule has 7 nitrogen and oxygen atoms in total. The van der Waals surface area contributed by atoms with Gasteiger partial charge < -0.3 is 10.2 Å². The van der Waals surface area contributed by atoms with E-state index in [-0.39, 0.29) is 17.6 Å². The van der Waals surface area contributed by atoms with Gasteiger partial charge in [0.1, 0.15) is 17.3 Å². The number of nitrogens with zero attached hydrogens (tertiary/aromatic N) is 3. The summed E-state index contributed by atoms with van der Waals surface area (Å²) >= 11 is 0. The summed E-state index contributed by atoms with van der Waals surface area (Å²) in [5.41, 5.74) is 1.70. The van der Waals surface area contributed by atoms with Gasteiger partial charge in [-0.15, -0.1) is 0 Å². The molecule has 1 amide bonds. The van der Waals surface area contributed by atoms with Gasteiger partial charge in [0, 0.05) is 24.3 Å². The first-order chi connectivity index (χ1) is 14.2. The maximum Gasteiger partial charge on any atom is 0.271 e. The monoisotopic (exact) mass is 432 g/mol. The van der Waals surface area contributed by atoms with Gasteiger partial charge >= 0.3 is 0 Å². The highest BCUT2D eigenvalue weighted by Crippen LogP contribution is 2.36. The Labute approximate surface area is 176 Å². The molecule has 160 valence electrons. The van der Waals surface area contributed by atoms with Crippen molar-refractivity contribution in [2.24, 2.45) is 0 Å². The molecule has 1 fully saturated rings. The molecule has 1 aliphatic heterocycles. The molecule has 2 aromatic rings. The van der Waals surface area contributed by atoms with Crippen LogP contribution < -0.4 is 10.2 Å². The quantitative estimate of drug-likeness (QED) is 0.755. The highest BCUT2D eigenvalue weighted by molar-refractivity contribution is 7.93. The minimum atomic E-state index is -3.26. The van der Waals surface area contributed by atoms with Crippen LogP contribution in [0.5, 0.6) is 0 Å². The van der Waals surface area contributed by atoms with E-state index in [9.17, 15) is 17.6 Å². The largest absolute Gasteiger partial charge is 0.348 e. The lowest BCUT2D eigenvalue weighted by atomic mass is 9.99. The maximum atomic E-state index is 14.0. The van der Waals surface area contributed by atoms with Crippen molar-refractivity contribution < 1.29 is 17.6 Å². The number of hydrogen-bond donors (Lipinski definition) is 1. The molecule has 0 unspecified atom stereocenters. The molecule has 1 aromatic carbocycles. The van der Waals surface area contributed by atoms with Crippen LogP contribution in [0.2, 0.25) is 0 Å². The molecule has 1 saturated heterocycles. The van der Waals surface area contributed by atoms with Crippen LogP contribution in [0.3, 0.4) is 0 Å². The molecule has 30 heavy (non-hydrogen) atoms. The van der Waals surface area contributed by atoms with Crippen molar-refractivity contribution in [3.8, 4) is 0 Å². The summed E-state index contributed by atoms with van der Waals surface area (Å²) in [6.45, 7) is 4.21. The molecule has 1 N–H and O–H groups in total. The van der Waals surface area contributed by atoms with E-state index in [0.717, 1.165) is 36.6 Å². The smallest absolute Gasteiger partial charge is 0.271 e. The van der Waals surface area contributed by atoms with Crippen molar-refractivity contribution in [2.45, 2.75) is 38.8 Å². The Kier molecular flexibility index (Phi) is 6.50. The van der Waals surface area contributed by atoms with Crippen molar-refractivity contribution in [1.82, 2.24) is 15.3 Å². The first-order valence-corrected chi connectivity index (χ1v) is 11.6. The van der Waals surface area contributed by atoms with E-state index in [2.05, 4.69) is 20.2 Å². The molecule has 3 rings (SSSR count). The first kappa shape index (κ1) is 21.9. The Morgan fingerprint density at radius 1 is 1.33 bits per heavy atom. The van der Waals surface area contributed by atoms with Crippen LogP contribution in [0.1, 0.15) is 47.4 Å². The molecule has 0 radical (unpaired) electrons. The van der Waals surface area contributed by atoms with Crippen LogP contribution in [0.25, 0.3) is 0 Å². The number of carbonyl (C=O) groups is 1. The second-order valence-corrected chi connectivity index (χ2v) is 9.42. The SMILES string of the molecule is Cc1c(F)cccc1[C@H]1CCCN1c1cnc(C(=O)N[C@H](C)/C=C/S(C)(=O)=O)cn1. The fourth-order valence-electron chi connectivity index (χ4n) is 3.53. The van der Waals surface area contributed by atoms with Crippen molar-refractivity contribution in [2.75, 3.05) is 17.7 Å². The Morgan fingerprint density at radius 2 is 2.10 bits per heavy atom. The number of benzene rings is 1. The summed E-state index contributed by atoms with van der Waals surface area (Å²) in [5.74, 6) is -0.0436. The minimum Gasteiger partial charge on any atom is -0.348 e. The van der Waals surface area contributed by atoms with Crippen LogP contribution in [-0.2, 0) is 9.84 Å². The molecule has 2 heterocycles. The number of rotatable bonds is 6. The average molecular weight is 433 g/mol. The number of halogens is 1. The lowest BCUT2D eigenvalue weighted by molar-refractivity contribution is 0.0941. The fraction of sp³-hybridized carbons (Fsp3) is 0.381. The van der Waals surface area contributed by atoms with Crippen LogP contribution >= 0.6 is 0 Å². The van der Waals surface area contributed by atoms with E-state index in [1.165, 1.54) is 18.3 Å². The predicted molar refractivity (Wildman–Crippen MR) is 113 cm³/mol. The molecular weight excluding hydrogens is 407 g/mol. The zero-order chi connectivity index (χ0) is 21.9. The molecule has 0 bridgehead atoms. The standard InChI is InChI=1S/C21H25FN4O3S/c1-14(9-11-30(3,28)29)25-21(27)18-12-24-20(13-23-18)26-10-5-8-19(26)16-6-4-7-17(22)15(16)2/h4,6-7,9,11-14,19H,5,8,10H2,1-3H3,(H,25,27)/b11-9+/t14-,19-/m1/s1. The summed E-state index contributed by atoms with van der Waals surface area (Å²) in [6, 6.07) is 4.63. The fourth-order valence-corrected chi connectivity index (χ4v) is 4.05. The number of carbonyl (C=O) groups excluding carboxylic acids is 1. The topological polar surface area (TPSA) is 92.3 Å². The molecule has 2 atom stereocenters. The number of amides is 1. The highest BCUT2D eigenvalue weighted by Gasteiger charge is 2.29. The molecule has 1 aromatic heterocycles. The van der Waals surface area contributed by atoms with E-state index >= 15 is 0 Å². The zero-order valence-electron chi connectivity index (χ0n) is 17.2. The van der Waals surface area contributed by atoms with E-state index in [1.54, 1.807) is 26.1 Å². The molecule has 0 aliphatic carbocycles. The van der Waals surface area contributed by atoms with E-state index in [4.69, 9.17) is 0 Å². The van der Waals surface area contributed by atoms with E-state index in [1.807, 2.05) is 6.07 Å². The van der Waals surface area contributed by atoms with Crippen molar-refractivity contribution >= 4 is 21.6 Å². The second kappa shape index (κ2) is 8.91. The number of sulfone groups is 1. The third kappa shape index (κ3) is 5.21. The van der Waals surface area contributed by atoms with Gasteiger partial charge in [0.15, 0.2) is 9.84 Å². The van der Waals surface area contributed by atoms with Gasteiger partial charge in [-0.25, -0.2) is 22.8 Å². The normalized spacial score (nSPS) is 18.0. The van der Waals surface area contributed by atoms with Crippen molar-refractivity contribution in [1.29, 1.82) is 0 Å². The van der Waals surface area contributed by atoms with Crippen LogP contribution in [0.4, 0.5) is 10.2 Å². The molecular formula is C21H25FN4O3S. The summed E-state index contributed by atoms with van der Waals surface area (Å²) in [6.07, 6.45) is 7.25. The number of hydrogen-bond acceptors (Lipinski definition) is 6. The van der Waals surface area contributed by atoms with Crippen LogP contribution in [0.15, 0.2) is 42.1 Å². The lowest BCUT2D eigenvalue weighted by Crippen LogP contribution is -2.32. The number of aromatic nitrogens is 2. The summed E-state index contributed by atoms with van der Waals surface area (Å²) in [4.78, 5) is 23.0. The summed E-state index contributed by atoms with van der Waals surface area (Å²) in [7, 11) is -3.26. The molecule has 0 saturated carbocycles. The lowest BCUT2D eigenvalue weighted by Gasteiger charge is -2.27. The third-order valence-electron chi connectivity index (χ3n) is 5.06. The first-order valence-electron chi connectivity index (χ1n) is 9.68. The van der Waals surface area contributed by atoms with E-state index < -0.39 is 21.8 Å². The van der Waals surface area contributed by atoms with E-state index in [0.29, 0.717) is 11.4 Å². The van der Waals surface area contributed by atoms with Gasteiger partial charge in [0.2, 0.25) is 0 Å². The summed E-state index contributed by atoms with van der Waals surface area (Å²) in [5, 5.41) is 3.71. The van der Waals surface area contributed by atoms with Gasteiger partial charge in [-0.2, -0.15) is 0 Å². The van der Waals surface area contributed by atoms with Gasteiger partial charge in [-0.1, -0.05) is 18.2 Å². The highest BCUT2D eigenvalue weighted by atomic mass is 32.2. The molecule has 9 heteroatoms. The van der Waals surface area contributed by atoms with Crippen LogP contribution in [0, 0.1) is 12.7 Å². The average Bonchev–Trinajstić information content (AvgIpc) is 3.17. The van der Waals surface area contributed by atoms with Crippen LogP contribution in [-0.4, -0.2) is 43.1 Å². The Hall–Kier alpha value is -2.81. The third-order valence-corrected chi connectivity index (χ3v) is 5.71. The van der Waals surface area contributed by atoms with Gasteiger partial charge in [0.05, 0.1) is 18.4 Å². The maximum absolute atomic E-state index is 14.0. The van der Waals surface area contributed by atoms with Gasteiger partial charge in [-0.3, -0.25) is 4.79 Å². The summed E-state index contributed by atoms with van der Waals surface area (Å²) < 4.78 is 36.4. The second-order valence-electron chi connectivity index (χ2n) is 7.49. The van der Waals surface area contributed by atoms with Crippen molar-refractivity contribution in [3.05, 3.63) is 64.7 Å². The van der Waals surface area contributed by atoms with Crippen molar-refractivity contribution in [3.63, 3.8) is 0 Å². The number of anilines is 1.